The third kappa shape index (κ3) is 3.81. The summed E-state index contributed by atoms with van der Waals surface area (Å²) in [6, 6.07) is 2.87. The molecule has 0 N–H and O–H groups in total. The van der Waals surface area contributed by atoms with Crippen molar-refractivity contribution in [3.8, 4) is 17.1 Å². The first-order valence-corrected chi connectivity index (χ1v) is 11.3. The summed E-state index contributed by atoms with van der Waals surface area (Å²) >= 11 is 6.40. The molecule has 2 aromatic heterocycles. The SMILES string of the molecule is CCC1Cc2c(nn(C)c2-c2cc(F)c(F)c(F)c2)[C@H](CC)N1C(=O)c1ccnc(OC)c1Cl. The first-order chi connectivity index (χ1) is 16.2. The summed E-state index contributed by atoms with van der Waals surface area (Å²) < 4.78 is 48.3. The maximum Gasteiger partial charge on any atom is 0.256 e. The molecule has 0 saturated heterocycles. The number of nitrogens with zero attached hydrogens (tertiary/aromatic N) is 4. The molecule has 34 heavy (non-hydrogen) atoms. The minimum atomic E-state index is -1.51. The van der Waals surface area contributed by atoms with Crippen molar-refractivity contribution in [3.63, 3.8) is 0 Å². The standard InChI is InChI=1S/C24H24ClF3N4O2/c1-5-13-11-15-21(30-31(3)22(15)12-9-16(26)20(28)17(27)10-12)18(6-2)32(13)24(33)14-7-8-29-23(34-4)19(14)25/h7-10,13,18H,5-6,11H2,1-4H3/t13?,18-/m0/s1. The normalized spacial score (nSPS) is 17.6. The van der Waals surface area contributed by atoms with Crippen molar-refractivity contribution in [1.29, 1.82) is 0 Å². The van der Waals surface area contributed by atoms with Crippen LogP contribution in [-0.2, 0) is 13.5 Å². The topological polar surface area (TPSA) is 60.2 Å². The summed E-state index contributed by atoms with van der Waals surface area (Å²) in [6.45, 7) is 3.90. The van der Waals surface area contributed by atoms with E-state index >= 15 is 0 Å². The molecule has 6 nitrogen and oxygen atoms in total. The Morgan fingerprint density at radius 2 is 1.88 bits per heavy atom. The van der Waals surface area contributed by atoms with Crippen molar-refractivity contribution >= 4 is 17.5 Å². The fourth-order valence-electron chi connectivity index (χ4n) is 4.74. The zero-order chi connectivity index (χ0) is 24.7. The highest BCUT2D eigenvalue weighted by atomic mass is 35.5. The number of ether oxygens (including phenoxy) is 1. The highest BCUT2D eigenvalue weighted by molar-refractivity contribution is 6.35. The number of aromatic nitrogens is 3. The summed E-state index contributed by atoms with van der Waals surface area (Å²) in [5.74, 6) is -4.16. The van der Waals surface area contributed by atoms with Gasteiger partial charge in [-0.3, -0.25) is 9.48 Å². The Morgan fingerprint density at radius 3 is 2.47 bits per heavy atom. The minimum absolute atomic E-state index is 0.129. The van der Waals surface area contributed by atoms with Crippen molar-refractivity contribution < 1.29 is 22.7 Å². The van der Waals surface area contributed by atoms with Crippen LogP contribution in [0.1, 0.15) is 54.3 Å². The van der Waals surface area contributed by atoms with E-state index in [2.05, 4.69) is 10.1 Å². The molecule has 0 bridgehead atoms. The van der Waals surface area contributed by atoms with Gasteiger partial charge in [0.25, 0.3) is 5.91 Å². The summed E-state index contributed by atoms with van der Waals surface area (Å²) in [5, 5.41) is 4.76. The minimum Gasteiger partial charge on any atom is -0.480 e. The van der Waals surface area contributed by atoms with Gasteiger partial charge in [0.05, 0.1) is 30.1 Å². The second-order valence-corrected chi connectivity index (χ2v) is 8.55. The number of aryl methyl sites for hydroxylation is 1. The number of fused-ring (bicyclic) bond motifs is 1. The molecule has 1 unspecified atom stereocenters. The smallest absolute Gasteiger partial charge is 0.256 e. The summed E-state index contributed by atoms with van der Waals surface area (Å²) in [6.07, 6.45) is 3.06. The first-order valence-electron chi connectivity index (χ1n) is 10.9. The van der Waals surface area contributed by atoms with Crippen LogP contribution in [0.25, 0.3) is 11.3 Å². The molecule has 0 radical (unpaired) electrons. The highest BCUT2D eigenvalue weighted by Crippen LogP contribution is 2.42. The number of carbonyl (C=O) groups excluding carboxylic acids is 1. The number of benzene rings is 1. The van der Waals surface area contributed by atoms with E-state index in [4.69, 9.17) is 16.3 Å². The van der Waals surface area contributed by atoms with Crippen LogP contribution in [0.4, 0.5) is 13.2 Å². The fourth-order valence-corrected chi connectivity index (χ4v) is 5.01. The van der Waals surface area contributed by atoms with Gasteiger partial charge in [-0.05, 0) is 37.5 Å². The Kier molecular flexibility index (Phi) is 6.58. The monoisotopic (exact) mass is 492 g/mol. The van der Waals surface area contributed by atoms with E-state index in [1.54, 1.807) is 18.0 Å². The predicted molar refractivity (Wildman–Crippen MR) is 121 cm³/mol. The van der Waals surface area contributed by atoms with Gasteiger partial charge in [0.1, 0.15) is 5.02 Å². The van der Waals surface area contributed by atoms with E-state index < -0.39 is 23.5 Å². The van der Waals surface area contributed by atoms with Crippen molar-refractivity contribution in [1.82, 2.24) is 19.7 Å². The third-order valence-corrected chi connectivity index (χ3v) is 6.66. The van der Waals surface area contributed by atoms with E-state index in [9.17, 15) is 18.0 Å². The van der Waals surface area contributed by atoms with Gasteiger partial charge in [0.2, 0.25) is 5.88 Å². The van der Waals surface area contributed by atoms with Gasteiger partial charge in [0, 0.05) is 30.4 Å². The Bertz CT molecular complexity index is 1240. The molecule has 3 heterocycles. The molecule has 0 fully saturated rings. The molecule has 1 aliphatic rings. The summed E-state index contributed by atoms with van der Waals surface area (Å²) in [7, 11) is 3.09. The lowest BCUT2D eigenvalue weighted by Gasteiger charge is -2.41. The lowest BCUT2D eigenvalue weighted by atomic mass is 9.87. The number of methoxy groups -OCH3 is 1. The van der Waals surface area contributed by atoms with Gasteiger partial charge in [0.15, 0.2) is 17.5 Å². The number of pyridine rings is 1. The molecular weight excluding hydrogens is 469 g/mol. The van der Waals surface area contributed by atoms with Crippen LogP contribution >= 0.6 is 11.6 Å². The molecule has 0 saturated carbocycles. The Morgan fingerprint density at radius 1 is 1.21 bits per heavy atom. The van der Waals surface area contributed by atoms with Gasteiger partial charge >= 0.3 is 0 Å². The van der Waals surface area contributed by atoms with Crippen LogP contribution in [0, 0.1) is 17.5 Å². The second-order valence-electron chi connectivity index (χ2n) is 8.17. The average molecular weight is 493 g/mol. The number of hydrogen-bond donors (Lipinski definition) is 0. The molecule has 1 aliphatic heterocycles. The van der Waals surface area contributed by atoms with Gasteiger partial charge in [-0.25, -0.2) is 18.2 Å². The Labute approximate surface area is 200 Å². The van der Waals surface area contributed by atoms with Crippen LogP contribution in [-0.4, -0.2) is 38.7 Å². The fraction of sp³-hybridized carbons (Fsp3) is 0.375. The molecule has 1 amide bonds. The van der Waals surface area contributed by atoms with Gasteiger partial charge in [-0.15, -0.1) is 0 Å². The number of rotatable bonds is 5. The quantitative estimate of drug-likeness (QED) is 0.442. The summed E-state index contributed by atoms with van der Waals surface area (Å²) in [5.41, 5.74) is 2.39. The molecule has 180 valence electrons. The molecule has 2 atom stereocenters. The molecule has 0 aliphatic carbocycles. The van der Waals surface area contributed by atoms with E-state index in [0.29, 0.717) is 30.7 Å². The first kappa shape index (κ1) is 24.1. The van der Waals surface area contributed by atoms with E-state index in [-0.39, 0.29) is 34.0 Å². The lowest BCUT2D eigenvalue weighted by molar-refractivity contribution is 0.0512. The van der Waals surface area contributed by atoms with Crippen molar-refractivity contribution in [3.05, 3.63) is 63.7 Å². The van der Waals surface area contributed by atoms with E-state index in [0.717, 1.165) is 17.7 Å². The van der Waals surface area contributed by atoms with Crippen LogP contribution in [0.2, 0.25) is 5.02 Å². The molecule has 0 spiro atoms. The molecule has 4 rings (SSSR count). The van der Waals surface area contributed by atoms with E-state index in [1.165, 1.54) is 18.0 Å². The van der Waals surface area contributed by atoms with Gasteiger partial charge < -0.3 is 9.64 Å². The number of carbonyl (C=O) groups is 1. The maximum absolute atomic E-state index is 14.0. The Balaban J connectivity index is 1.84. The number of halogens is 4. The van der Waals surface area contributed by atoms with Crippen molar-refractivity contribution in [2.24, 2.45) is 7.05 Å². The summed E-state index contributed by atoms with van der Waals surface area (Å²) in [4.78, 5) is 19.5. The highest BCUT2D eigenvalue weighted by Gasteiger charge is 2.40. The van der Waals surface area contributed by atoms with E-state index in [1.807, 2.05) is 13.8 Å². The molecule has 10 heteroatoms. The second kappa shape index (κ2) is 9.29. The zero-order valence-electron chi connectivity index (χ0n) is 19.2. The van der Waals surface area contributed by atoms with Crippen LogP contribution in [0.15, 0.2) is 24.4 Å². The Hall–Kier alpha value is -3.07. The lowest BCUT2D eigenvalue weighted by Crippen LogP contribution is -2.47. The van der Waals surface area contributed by atoms with Gasteiger partial charge in [-0.1, -0.05) is 25.4 Å². The third-order valence-electron chi connectivity index (χ3n) is 6.29. The maximum atomic E-state index is 14.0. The number of hydrogen-bond acceptors (Lipinski definition) is 4. The molecule has 3 aromatic rings. The van der Waals surface area contributed by atoms with Crippen LogP contribution < -0.4 is 4.74 Å². The van der Waals surface area contributed by atoms with Crippen LogP contribution in [0.3, 0.4) is 0 Å². The average Bonchev–Trinajstić information content (AvgIpc) is 3.15. The molecular formula is C24H24ClF3N4O2. The van der Waals surface area contributed by atoms with Crippen molar-refractivity contribution in [2.75, 3.05) is 7.11 Å². The largest absolute Gasteiger partial charge is 0.480 e. The van der Waals surface area contributed by atoms with Gasteiger partial charge in [-0.2, -0.15) is 5.10 Å². The zero-order valence-corrected chi connectivity index (χ0v) is 20.0. The van der Waals surface area contributed by atoms with Crippen LogP contribution in [0.5, 0.6) is 5.88 Å². The number of amides is 1. The predicted octanol–water partition coefficient (Wildman–Crippen LogP) is 5.49. The molecule has 1 aromatic carbocycles. The van der Waals surface area contributed by atoms with Crippen molar-refractivity contribution in [2.45, 2.75) is 45.2 Å².